The molecule has 0 bridgehead atoms. The molecule has 2 aromatic carbocycles. The highest BCUT2D eigenvalue weighted by atomic mass is 15.1. The number of nitrogens with zero attached hydrogens (tertiary/aromatic N) is 1. The van der Waals surface area contributed by atoms with Gasteiger partial charge in [-0.3, -0.25) is 0 Å². The number of aryl methyl sites for hydroxylation is 1. The van der Waals surface area contributed by atoms with Crippen molar-refractivity contribution >= 4 is 11.4 Å². The Labute approximate surface area is 109 Å². The van der Waals surface area contributed by atoms with Gasteiger partial charge in [-0.05, 0) is 36.2 Å². The van der Waals surface area contributed by atoms with Gasteiger partial charge in [-0.25, -0.2) is 0 Å². The van der Waals surface area contributed by atoms with Crippen LogP contribution >= 0.6 is 0 Å². The van der Waals surface area contributed by atoms with E-state index >= 15 is 0 Å². The zero-order valence-electron chi connectivity index (χ0n) is 11.3. The minimum atomic E-state index is 0.925. The molecule has 18 heavy (non-hydrogen) atoms. The van der Waals surface area contributed by atoms with Crippen molar-refractivity contribution in [2.45, 2.75) is 13.5 Å². The summed E-state index contributed by atoms with van der Waals surface area (Å²) in [7, 11) is 4.07. The number of hydrogen-bond donors (Lipinski definition) is 1. The van der Waals surface area contributed by atoms with Crippen LogP contribution in [0.4, 0.5) is 11.4 Å². The average molecular weight is 240 g/mol. The molecule has 0 heterocycles. The van der Waals surface area contributed by atoms with Crippen LogP contribution in [-0.2, 0) is 6.54 Å². The monoisotopic (exact) mass is 240 g/mol. The van der Waals surface area contributed by atoms with Gasteiger partial charge in [0.25, 0.3) is 0 Å². The van der Waals surface area contributed by atoms with E-state index in [1.165, 1.54) is 16.8 Å². The molecule has 94 valence electrons. The third-order valence-electron chi connectivity index (χ3n) is 3.19. The molecule has 2 heteroatoms. The minimum Gasteiger partial charge on any atom is -0.388 e. The molecule has 0 aromatic heterocycles. The second-order valence-corrected chi connectivity index (χ2v) is 4.59. The summed E-state index contributed by atoms with van der Waals surface area (Å²) in [6, 6.07) is 17.0. The Bertz CT molecular complexity index is 503. The van der Waals surface area contributed by atoms with Crippen molar-refractivity contribution in [3.05, 3.63) is 59.7 Å². The van der Waals surface area contributed by atoms with Gasteiger partial charge < -0.3 is 10.2 Å². The number of rotatable bonds is 4. The van der Waals surface area contributed by atoms with E-state index in [9.17, 15) is 0 Å². The average Bonchev–Trinajstić information content (AvgIpc) is 2.40. The quantitative estimate of drug-likeness (QED) is 0.877. The Hall–Kier alpha value is -1.96. The molecule has 0 atom stereocenters. The first-order chi connectivity index (χ1) is 8.70. The molecule has 0 saturated heterocycles. The molecule has 0 aliphatic rings. The van der Waals surface area contributed by atoms with E-state index in [4.69, 9.17) is 0 Å². The molecule has 0 aliphatic carbocycles. The number of benzene rings is 2. The minimum absolute atomic E-state index is 0.925. The molecular weight excluding hydrogens is 220 g/mol. The molecule has 0 amide bonds. The first-order valence-electron chi connectivity index (χ1n) is 6.24. The summed E-state index contributed by atoms with van der Waals surface area (Å²) in [4.78, 5) is 2.28. The van der Waals surface area contributed by atoms with E-state index < -0.39 is 0 Å². The fourth-order valence-corrected chi connectivity index (χ4v) is 2.13. The molecule has 2 rings (SSSR count). The topological polar surface area (TPSA) is 15.3 Å². The number of nitrogens with one attached hydrogen (secondary N) is 1. The van der Waals surface area contributed by atoms with Gasteiger partial charge in [0, 0.05) is 32.0 Å². The third-order valence-corrected chi connectivity index (χ3v) is 3.19. The molecule has 2 nitrogen and oxygen atoms in total. The summed E-state index contributed by atoms with van der Waals surface area (Å²) < 4.78 is 0. The zero-order valence-corrected chi connectivity index (χ0v) is 11.3. The lowest BCUT2D eigenvalue weighted by Crippen LogP contribution is -2.17. The Morgan fingerprint density at radius 1 is 1.00 bits per heavy atom. The van der Waals surface area contributed by atoms with Gasteiger partial charge in [-0.1, -0.05) is 30.3 Å². The number of anilines is 2. The van der Waals surface area contributed by atoms with Crippen LogP contribution in [0.3, 0.4) is 0 Å². The van der Waals surface area contributed by atoms with Crippen LogP contribution in [0.2, 0.25) is 0 Å². The van der Waals surface area contributed by atoms with Crippen LogP contribution < -0.4 is 10.2 Å². The largest absolute Gasteiger partial charge is 0.388 e. The predicted molar refractivity (Wildman–Crippen MR) is 79.3 cm³/mol. The van der Waals surface area contributed by atoms with E-state index in [-0.39, 0.29) is 0 Å². The van der Waals surface area contributed by atoms with Crippen LogP contribution in [0.1, 0.15) is 11.1 Å². The summed E-state index contributed by atoms with van der Waals surface area (Å²) in [6.45, 7) is 3.07. The lowest BCUT2D eigenvalue weighted by Gasteiger charge is -2.21. The highest BCUT2D eigenvalue weighted by Crippen LogP contribution is 2.20. The lowest BCUT2D eigenvalue weighted by molar-refractivity contribution is 0.917. The van der Waals surface area contributed by atoms with Gasteiger partial charge >= 0.3 is 0 Å². The highest BCUT2D eigenvalue weighted by molar-refractivity contribution is 5.53. The van der Waals surface area contributed by atoms with Gasteiger partial charge in [-0.2, -0.15) is 0 Å². The molecule has 0 aliphatic heterocycles. The number of para-hydroxylation sites is 1. The van der Waals surface area contributed by atoms with E-state index in [0.717, 1.165) is 12.2 Å². The first kappa shape index (κ1) is 12.5. The lowest BCUT2D eigenvalue weighted by atomic mass is 10.1. The third kappa shape index (κ3) is 2.83. The van der Waals surface area contributed by atoms with Crippen molar-refractivity contribution in [3.63, 3.8) is 0 Å². The summed E-state index contributed by atoms with van der Waals surface area (Å²) in [5, 5.41) is 3.13. The molecule has 0 unspecified atom stereocenters. The van der Waals surface area contributed by atoms with Gasteiger partial charge in [0.05, 0.1) is 0 Å². The van der Waals surface area contributed by atoms with Crippen molar-refractivity contribution in [2.24, 2.45) is 0 Å². The van der Waals surface area contributed by atoms with Crippen molar-refractivity contribution in [1.82, 2.24) is 0 Å². The standard InChI is InChI=1S/C16H20N2/c1-13-6-4-5-7-16(13)18(3)12-14-8-10-15(17-2)11-9-14/h4-11,17H,12H2,1-3H3. The molecule has 0 radical (unpaired) electrons. The number of hydrogen-bond acceptors (Lipinski definition) is 2. The maximum absolute atomic E-state index is 3.13. The van der Waals surface area contributed by atoms with E-state index in [2.05, 4.69) is 72.7 Å². The normalized spacial score (nSPS) is 10.2. The van der Waals surface area contributed by atoms with E-state index in [1.807, 2.05) is 7.05 Å². The molecule has 1 N–H and O–H groups in total. The van der Waals surface area contributed by atoms with E-state index in [1.54, 1.807) is 0 Å². The maximum atomic E-state index is 3.13. The Morgan fingerprint density at radius 2 is 1.67 bits per heavy atom. The predicted octanol–water partition coefficient (Wildman–Crippen LogP) is 3.67. The van der Waals surface area contributed by atoms with Crippen molar-refractivity contribution < 1.29 is 0 Å². The van der Waals surface area contributed by atoms with Crippen molar-refractivity contribution in [2.75, 3.05) is 24.3 Å². The summed E-state index contributed by atoms with van der Waals surface area (Å²) >= 11 is 0. The van der Waals surface area contributed by atoms with Crippen LogP contribution in [0, 0.1) is 6.92 Å². The fourth-order valence-electron chi connectivity index (χ4n) is 2.13. The molecule has 0 fully saturated rings. The molecular formula is C16H20N2. The van der Waals surface area contributed by atoms with E-state index in [0.29, 0.717) is 0 Å². The van der Waals surface area contributed by atoms with Crippen molar-refractivity contribution in [1.29, 1.82) is 0 Å². The molecule has 2 aromatic rings. The summed E-state index contributed by atoms with van der Waals surface area (Å²) in [6.07, 6.45) is 0. The summed E-state index contributed by atoms with van der Waals surface area (Å²) in [5.41, 5.74) is 5.07. The molecule has 0 spiro atoms. The van der Waals surface area contributed by atoms with Crippen LogP contribution in [0.15, 0.2) is 48.5 Å². The SMILES string of the molecule is CNc1ccc(CN(C)c2ccccc2C)cc1. The fraction of sp³-hybridized carbons (Fsp3) is 0.250. The smallest absolute Gasteiger partial charge is 0.0426 e. The summed E-state index contributed by atoms with van der Waals surface area (Å²) in [5.74, 6) is 0. The maximum Gasteiger partial charge on any atom is 0.0426 e. The van der Waals surface area contributed by atoms with Gasteiger partial charge in [0.2, 0.25) is 0 Å². The second kappa shape index (κ2) is 5.58. The Kier molecular flexibility index (Phi) is 3.88. The highest BCUT2D eigenvalue weighted by Gasteiger charge is 2.04. The van der Waals surface area contributed by atoms with Gasteiger partial charge in [-0.15, -0.1) is 0 Å². The first-order valence-corrected chi connectivity index (χ1v) is 6.24. The molecule has 0 saturated carbocycles. The Balaban J connectivity index is 2.11. The van der Waals surface area contributed by atoms with Crippen LogP contribution in [-0.4, -0.2) is 14.1 Å². The Morgan fingerprint density at radius 3 is 2.28 bits per heavy atom. The van der Waals surface area contributed by atoms with Crippen molar-refractivity contribution in [3.8, 4) is 0 Å². The second-order valence-electron chi connectivity index (χ2n) is 4.59. The van der Waals surface area contributed by atoms with Crippen LogP contribution in [0.5, 0.6) is 0 Å². The van der Waals surface area contributed by atoms with Gasteiger partial charge in [0.1, 0.15) is 0 Å². The zero-order chi connectivity index (χ0) is 13.0. The van der Waals surface area contributed by atoms with Gasteiger partial charge in [0.15, 0.2) is 0 Å². The van der Waals surface area contributed by atoms with Crippen LogP contribution in [0.25, 0.3) is 0 Å².